The van der Waals surface area contributed by atoms with E-state index in [9.17, 15) is 14.7 Å². The highest BCUT2D eigenvalue weighted by molar-refractivity contribution is 8.01. The zero-order chi connectivity index (χ0) is 25.9. The van der Waals surface area contributed by atoms with Crippen LogP contribution in [0.4, 0.5) is 5.69 Å². The van der Waals surface area contributed by atoms with Crippen molar-refractivity contribution >= 4 is 40.7 Å². The van der Waals surface area contributed by atoms with Crippen LogP contribution in [0.3, 0.4) is 0 Å². The van der Waals surface area contributed by atoms with Crippen LogP contribution in [0.15, 0.2) is 77.7 Å². The Morgan fingerprint density at radius 3 is 2.33 bits per heavy atom. The molecule has 8 heteroatoms. The van der Waals surface area contributed by atoms with Gasteiger partial charge in [0.25, 0.3) is 5.91 Å². The van der Waals surface area contributed by atoms with Gasteiger partial charge in [0.2, 0.25) is 0 Å². The average molecular weight is 519 g/mol. The predicted molar refractivity (Wildman–Crippen MR) is 146 cm³/mol. The van der Waals surface area contributed by atoms with Gasteiger partial charge in [-0.2, -0.15) is 0 Å². The van der Waals surface area contributed by atoms with Gasteiger partial charge in [0.1, 0.15) is 21.2 Å². The Bertz CT molecular complexity index is 1400. The summed E-state index contributed by atoms with van der Waals surface area (Å²) in [6, 6.07) is 22.7. The average Bonchev–Trinajstić information content (AvgIpc) is 3.30. The van der Waals surface area contributed by atoms with E-state index < -0.39 is 10.7 Å². The maximum absolute atomic E-state index is 13.3. The summed E-state index contributed by atoms with van der Waals surface area (Å²) in [4.78, 5) is 31.2. The molecule has 0 aliphatic heterocycles. The Hall–Kier alpha value is -3.62. The molecule has 184 valence electrons. The van der Waals surface area contributed by atoms with Crippen LogP contribution in [0.25, 0.3) is 21.0 Å². The molecule has 4 rings (SSSR count). The van der Waals surface area contributed by atoms with Gasteiger partial charge in [0.15, 0.2) is 0 Å². The van der Waals surface area contributed by atoms with Crippen molar-refractivity contribution < 1.29 is 19.4 Å². The second-order valence-corrected chi connectivity index (χ2v) is 11.3. The summed E-state index contributed by atoms with van der Waals surface area (Å²) >= 11 is 2.75. The van der Waals surface area contributed by atoms with E-state index in [-0.39, 0.29) is 5.91 Å². The van der Waals surface area contributed by atoms with Crippen molar-refractivity contribution in [2.24, 2.45) is 0 Å². The van der Waals surface area contributed by atoms with Gasteiger partial charge < -0.3 is 15.2 Å². The predicted octanol–water partition coefficient (Wildman–Crippen LogP) is 7.00. The number of benzene rings is 3. The second kappa shape index (κ2) is 10.6. The second-order valence-electron chi connectivity index (χ2n) is 8.64. The number of rotatable bonds is 8. The molecule has 0 unspecified atom stereocenters. The van der Waals surface area contributed by atoms with E-state index in [1.807, 2.05) is 55.5 Å². The highest BCUT2D eigenvalue weighted by Gasteiger charge is 2.29. The number of carbonyl (C=O) groups excluding carboxylic acids is 1. The Morgan fingerprint density at radius 1 is 1.03 bits per heavy atom. The van der Waals surface area contributed by atoms with E-state index in [4.69, 9.17) is 9.72 Å². The number of hydrogen-bond donors (Lipinski definition) is 2. The van der Waals surface area contributed by atoms with Gasteiger partial charge in [0, 0.05) is 16.1 Å². The van der Waals surface area contributed by atoms with E-state index in [2.05, 4.69) is 5.32 Å². The SMILES string of the molecule is COc1ccc(NC(=O)c2nc(-c3ccc(SC(C)(C)C(=O)O)cc3C)sc2-c2ccccc2)cc1. The summed E-state index contributed by atoms with van der Waals surface area (Å²) < 4.78 is 4.25. The van der Waals surface area contributed by atoms with E-state index >= 15 is 0 Å². The molecular weight excluding hydrogens is 492 g/mol. The van der Waals surface area contributed by atoms with Crippen LogP contribution >= 0.6 is 23.1 Å². The van der Waals surface area contributed by atoms with Gasteiger partial charge in [-0.25, -0.2) is 4.98 Å². The minimum Gasteiger partial charge on any atom is -0.497 e. The molecule has 0 spiro atoms. The number of carbonyl (C=O) groups is 2. The van der Waals surface area contributed by atoms with E-state index in [1.54, 1.807) is 45.2 Å². The summed E-state index contributed by atoms with van der Waals surface area (Å²) in [6.45, 7) is 5.33. The molecule has 36 heavy (non-hydrogen) atoms. The Morgan fingerprint density at radius 2 is 1.72 bits per heavy atom. The van der Waals surface area contributed by atoms with Crippen molar-refractivity contribution in [1.82, 2.24) is 4.98 Å². The fourth-order valence-electron chi connectivity index (χ4n) is 3.52. The number of nitrogens with zero attached hydrogens (tertiary/aromatic N) is 1. The Labute approximate surface area is 218 Å². The molecule has 0 aliphatic rings. The van der Waals surface area contributed by atoms with E-state index in [0.717, 1.165) is 31.5 Å². The van der Waals surface area contributed by atoms with Crippen molar-refractivity contribution in [3.05, 3.63) is 84.1 Å². The molecule has 3 aromatic carbocycles. The number of thiazole rings is 1. The lowest BCUT2D eigenvalue weighted by atomic mass is 10.1. The summed E-state index contributed by atoms with van der Waals surface area (Å²) in [7, 11) is 1.59. The van der Waals surface area contributed by atoms with Gasteiger partial charge in [-0.1, -0.05) is 36.4 Å². The Balaban J connectivity index is 1.69. The van der Waals surface area contributed by atoms with Crippen LogP contribution in [0, 0.1) is 6.92 Å². The third-order valence-electron chi connectivity index (χ3n) is 5.54. The van der Waals surface area contributed by atoms with Crippen molar-refractivity contribution in [2.45, 2.75) is 30.4 Å². The number of aliphatic carboxylic acids is 1. The lowest BCUT2D eigenvalue weighted by molar-refractivity contribution is -0.138. The Kier molecular flexibility index (Phi) is 7.47. The molecule has 0 saturated heterocycles. The van der Waals surface area contributed by atoms with Gasteiger partial charge >= 0.3 is 5.97 Å². The zero-order valence-electron chi connectivity index (χ0n) is 20.4. The number of aromatic nitrogens is 1. The maximum Gasteiger partial charge on any atom is 0.319 e. The molecule has 0 saturated carbocycles. The third-order valence-corrected chi connectivity index (χ3v) is 7.85. The van der Waals surface area contributed by atoms with Crippen molar-refractivity contribution in [2.75, 3.05) is 12.4 Å². The fourth-order valence-corrected chi connectivity index (χ4v) is 5.72. The van der Waals surface area contributed by atoms with Crippen LogP contribution in [-0.2, 0) is 4.79 Å². The lowest BCUT2D eigenvalue weighted by Crippen LogP contribution is -2.26. The standard InChI is InChI=1S/C28H26N2O4S2/c1-17-16-21(36-28(2,3)27(32)33)14-15-22(17)26-30-23(24(35-26)18-8-6-5-7-9-18)25(31)29-19-10-12-20(34-4)13-11-19/h5-16H,1-4H3,(H,29,31)(H,32,33). The van der Waals surface area contributed by atoms with E-state index in [0.29, 0.717) is 17.1 Å². The van der Waals surface area contributed by atoms with Crippen LogP contribution in [0.1, 0.15) is 29.9 Å². The molecule has 2 N–H and O–H groups in total. The molecule has 1 aromatic heterocycles. The maximum atomic E-state index is 13.3. The number of amides is 1. The monoisotopic (exact) mass is 518 g/mol. The first kappa shape index (κ1) is 25.5. The van der Waals surface area contributed by atoms with Crippen LogP contribution in [0.2, 0.25) is 0 Å². The number of ether oxygens (including phenoxy) is 1. The van der Waals surface area contributed by atoms with Crippen LogP contribution in [-0.4, -0.2) is 33.8 Å². The molecule has 0 fully saturated rings. The minimum absolute atomic E-state index is 0.297. The number of carboxylic acids is 1. The first-order valence-corrected chi connectivity index (χ1v) is 12.9. The van der Waals surface area contributed by atoms with Gasteiger partial charge in [-0.05, 0) is 68.3 Å². The number of hydrogen-bond acceptors (Lipinski definition) is 6. The van der Waals surface area contributed by atoms with Crippen molar-refractivity contribution in [1.29, 1.82) is 0 Å². The van der Waals surface area contributed by atoms with Crippen molar-refractivity contribution in [3.63, 3.8) is 0 Å². The molecule has 0 atom stereocenters. The number of thioether (sulfide) groups is 1. The topological polar surface area (TPSA) is 88.5 Å². The highest BCUT2D eigenvalue weighted by Crippen LogP contribution is 2.39. The molecule has 4 aromatic rings. The third kappa shape index (κ3) is 5.61. The molecule has 1 heterocycles. The highest BCUT2D eigenvalue weighted by atomic mass is 32.2. The fraction of sp³-hybridized carbons (Fsp3) is 0.179. The molecule has 0 bridgehead atoms. The largest absolute Gasteiger partial charge is 0.497 e. The summed E-state index contributed by atoms with van der Waals surface area (Å²) in [6.07, 6.45) is 0. The minimum atomic E-state index is -0.942. The normalized spacial score (nSPS) is 11.2. The zero-order valence-corrected chi connectivity index (χ0v) is 22.0. The van der Waals surface area contributed by atoms with Crippen LogP contribution < -0.4 is 10.1 Å². The molecule has 0 radical (unpaired) electrons. The number of methoxy groups -OCH3 is 1. The van der Waals surface area contributed by atoms with Gasteiger partial charge in [-0.15, -0.1) is 23.1 Å². The number of aryl methyl sites for hydroxylation is 1. The first-order chi connectivity index (χ1) is 17.2. The number of carboxylic acid groups (broad SMARTS) is 1. The van der Waals surface area contributed by atoms with Crippen LogP contribution in [0.5, 0.6) is 5.75 Å². The number of nitrogens with one attached hydrogen (secondary N) is 1. The summed E-state index contributed by atoms with van der Waals surface area (Å²) in [5.74, 6) is -0.457. The molecule has 1 amide bonds. The van der Waals surface area contributed by atoms with Crippen molar-refractivity contribution in [3.8, 4) is 26.8 Å². The van der Waals surface area contributed by atoms with E-state index in [1.165, 1.54) is 23.1 Å². The summed E-state index contributed by atoms with van der Waals surface area (Å²) in [5, 5.41) is 13.1. The lowest BCUT2D eigenvalue weighted by Gasteiger charge is -2.19. The quantitative estimate of drug-likeness (QED) is 0.244. The molecular formula is C28H26N2O4S2. The molecule has 0 aliphatic carbocycles. The summed E-state index contributed by atoms with van der Waals surface area (Å²) in [5.41, 5.74) is 3.76. The first-order valence-electron chi connectivity index (χ1n) is 11.2. The van der Waals surface area contributed by atoms with Gasteiger partial charge in [-0.3, -0.25) is 9.59 Å². The number of anilines is 1. The molecule has 6 nitrogen and oxygen atoms in total. The van der Waals surface area contributed by atoms with Gasteiger partial charge in [0.05, 0.1) is 12.0 Å². The smallest absolute Gasteiger partial charge is 0.319 e.